The first kappa shape index (κ1) is 11.4. The van der Waals surface area contributed by atoms with Gasteiger partial charge in [-0.1, -0.05) is 0 Å². The third-order valence-corrected chi connectivity index (χ3v) is 2.63. The molecule has 2 heterocycles. The molecule has 1 aliphatic rings. The van der Waals surface area contributed by atoms with Crippen molar-refractivity contribution in [1.29, 1.82) is 0 Å². The van der Waals surface area contributed by atoms with Gasteiger partial charge in [-0.3, -0.25) is 4.90 Å². The van der Waals surface area contributed by atoms with Crippen molar-refractivity contribution in [2.45, 2.75) is 25.4 Å². The van der Waals surface area contributed by atoms with Gasteiger partial charge in [-0.05, 0) is 0 Å². The smallest absolute Gasteiger partial charge is 0.382 e. The Morgan fingerprint density at radius 2 is 2.19 bits per heavy atom. The number of hydrogen-bond acceptors (Lipinski definition) is 3. The number of nitrogens with zero attached hydrogens (tertiary/aromatic N) is 3. The molecule has 1 atom stereocenters. The van der Waals surface area contributed by atoms with Crippen LogP contribution < -0.4 is 0 Å². The van der Waals surface area contributed by atoms with Gasteiger partial charge < -0.3 is 9.67 Å². The van der Waals surface area contributed by atoms with Gasteiger partial charge in [0.05, 0.1) is 6.54 Å². The second-order valence-electron chi connectivity index (χ2n) is 3.83. The zero-order valence-corrected chi connectivity index (χ0v) is 8.48. The molecule has 90 valence electrons. The number of hydrogen-bond donors (Lipinski definition) is 1. The fourth-order valence-electron chi connectivity index (χ4n) is 1.73. The van der Waals surface area contributed by atoms with Crippen LogP contribution in [0.4, 0.5) is 13.2 Å². The van der Waals surface area contributed by atoms with Crippen LogP contribution in [-0.2, 0) is 13.1 Å². The predicted octanol–water partition coefficient (Wildman–Crippen LogP) is 0.622. The van der Waals surface area contributed by atoms with E-state index in [2.05, 4.69) is 4.98 Å². The molecule has 0 bridgehead atoms. The SMILES string of the molecule is OC(CN1CCn2ccnc2C1)C(F)(F)F. The molecule has 0 radical (unpaired) electrons. The lowest BCUT2D eigenvalue weighted by molar-refractivity contribution is -0.209. The third-order valence-electron chi connectivity index (χ3n) is 2.63. The molecule has 4 nitrogen and oxygen atoms in total. The molecule has 1 aromatic rings. The van der Waals surface area contributed by atoms with Crippen LogP contribution in [0, 0.1) is 0 Å². The largest absolute Gasteiger partial charge is 0.415 e. The van der Waals surface area contributed by atoms with E-state index in [9.17, 15) is 13.2 Å². The molecule has 0 amide bonds. The Balaban J connectivity index is 1.95. The highest BCUT2D eigenvalue weighted by atomic mass is 19.4. The van der Waals surface area contributed by atoms with Crippen LogP contribution in [0.15, 0.2) is 12.4 Å². The van der Waals surface area contributed by atoms with Crippen molar-refractivity contribution in [3.05, 3.63) is 18.2 Å². The second kappa shape index (κ2) is 4.06. The summed E-state index contributed by atoms with van der Waals surface area (Å²) in [5, 5.41) is 8.94. The number of β-amino-alcohol motifs (C(OH)–C–C–N with tert-alkyl or cyclic N) is 1. The van der Waals surface area contributed by atoms with Gasteiger partial charge in [0.1, 0.15) is 5.82 Å². The van der Waals surface area contributed by atoms with Crippen LogP contribution in [0.25, 0.3) is 0 Å². The number of imidazole rings is 1. The summed E-state index contributed by atoms with van der Waals surface area (Å²) < 4.78 is 38.3. The first-order valence-corrected chi connectivity index (χ1v) is 4.94. The molecule has 0 spiro atoms. The van der Waals surface area contributed by atoms with E-state index in [1.807, 2.05) is 4.57 Å². The van der Waals surface area contributed by atoms with Crippen molar-refractivity contribution in [1.82, 2.24) is 14.5 Å². The lowest BCUT2D eigenvalue weighted by atomic mass is 10.2. The average Bonchev–Trinajstić information content (AvgIpc) is 2.63. The first-order valence-electron chi connectivity index (χ1n) is 4.94. The zero-order valence-electron chi connectivity index (χ0n) is 8.48. The summed E-state index contributed by atoms with van der Waals surface area (Å²) in [6.45, 7) is 1.06. The third kappa shape index (κ3) is 2.35. The molecule has 1 unspecified atom stereocenters. The minimum Gasteiger partial charge on any atom is -0.382 e. The summed E-state index contributed by atoms with van der Waals surface area (Å²) in [5.41, 5.74) is 0. The summed E-state index contributed by atoms with van der Waals surface area (Å²) in [4.78, 5) is 5.59. The highest BCUT2D eigenvalue weighted by Gasteiger charge is 2.39. The van der Waals surface area contributed by atoms with E-state index in [-0.39, 0.29) is 0 Å². The van der Waals surface area contributed by atoms with Crippen LogP contribution in [0.2, 0.25) is 0 Å². The molecular weight excluding hydrogens is 223 g/mol. The van der Waals surface area contributed by atoms with E-state index >= 15 is 0 Å². The van der Waals surface area contributed by atoms with Crippen LogP contribution in [0.3, 0.4) is 0 Å². The lowest BCUT2D eigenvalue weighted by Gasteiger charge is -2.29. The van der Waals surface area contributed by atoms with E-state index in [4.69, 9.17) is 5.11 Å². The Kier molecular flexibility index (Phi) is 2.90. The Labute approximate surface area is 90.3 Å². The summed E-state index contributed by atoms with van der Waals surface area (Å²) >= 11 is 0. The number of aliphatic hydroxyl groups is 1. The van der Waals surface area contributed by atoms with Crippen LogP contribution in [-0.4, -0.2) is 44.9 Å². The second-order valence-corrected chi connectivity index (χ2v) is 3.83. The molecule has 2 rings (SSSR count). The molecule has 1 N–H and O–H groups in total. The highest BCUT2D eigenvalue weighted by molar-refractivity contribution is 4.95. The Hall–Kier alpha value is -1.08. The van der Waals surface area contributed by atoms with Crippen molar-refractivity contribution in [3.8, 4) is 0 Å². The van der Waals surface area contributed by atoms with Crippen molar-refractivity contribution in [2.75, 3.05) is 13.1 Å². The molecule has 0 fully saturated rings. The van der Waals surface area contributed by atoms with Gasteiger partial charge in [-0.15, -0.1) is 0 Å². The molecule has 16 heavy (non-hydrogen) atoms. The number of alkyl halides is 3. The topological polar surface area (TPSA) is 41.3 Å². The summed E-state index contributed by atoms with van der Waals surface area (Å²) in [6, 6.07) is 0. The van der Waals surface area contributed by atoms with Crippen LogP contribution >= 0.6 is 0 Å². The van der Waals surface area contributed by atoms with E-state index in [0.29, 0.717) is 19.6 Å². The molecule has 0 saturated carbocycles. The Morgan fingerprint density at radius 1 is 1.44 bits per heavy atom. The maximum absolute atomic E-state index is 12.1. The molecule has 0 saturated heterocycles. The number of fused-ring (bicyclic) bond motifs is 1. The van der Waals surface area contributed by atoms with E-state index in [0.717, 1.165) is 5.82 Å². The van der Waals surface area contributed by atoms with Crippen LogP contribution in [0.5, 0.6) is 0 Å². The zero-order chi connectivity index (χ0) is 11.8. The molecule has 1 aliphatic heterocycles. The number of rotatable bonds is 2. The fraction of sp³-hybridized carbons (Fsp3) is 0.667. The highest BCUT2D eigenvalue weighted by Crippen LogP contribution is 2.22. The van der Waals surface area contributed by atoms with Crippen molar-refractivity contribution < 1.29 is 18.3 Å². The van der Waals surface area contributed by atoms with Gasteiger partial charge in [-0.2, -0.15) is 13.2 Å². The van der Waals surface area contributed by atoms with Crippen molar-refractivity contribution in [2.24, 2.45) is 0 Å². The molecule has 1 aromatic heterocycles. The average molecular weight is 235 g/mol. The van der Waals surface area contributed by atoms with Crippen LogP contribution in [0.1, 0.15) is 5.82 Å². The predicted molar refractivity (Wildman–Crippen MR) is 49.6 cm³/mol. The molecule has 0 aliphatic carbocycles. The number of aromatic nitrogens is 2. The van der Waals surface area contributed by atoms with Gasteiger partial charge in [0.15, 0.2) is 6.10 Å². The Bertz CT molecular complexity index is 363. The standard InChI is InChI=1S/C9H12F3N3O/c10-9(11,12)7(16)5-14-3-4-15-2-1-13-8(15)6-14/h1-2,7,16H,3-6H2. The minimum absolute atomic E-state index is 0.347. The number of aliphatic hydroxyl groups excluding tert-OH is 1. The van der Waals surface area contributed by atoms with Gasteiger partial charge in [-0.25, -0.2) is 4.98 Å². The summed E-state index contributed by atoms with van der Waals surface area (Å²) in [6.07, 6.45) is -3.41. The molecule has 7 heteroatoms. The maximum Gasteiger partial charge on any atom is 0.415 e. The first-order chi connectivity index (χ1) is 7.47. The van der Waals surface area contributed by atoms with Gasteiger partial charge in [0.2, 0.25) is 0 Å². The summed E-state index contributed by atoms with van der Waals surface area (Å²) in [5.74, 6) is 0.737. The van der Waals surface area contributed by atoms with E-state index in [1.54, 1.807) is 17.3 Å². The van der Waals surface area contributed by atoms with E-state index < -0.39 is 18.8 Å². The van der Waals surface area contributed by atoms with Gasteiger partial charge >= 0.3 is 6.18 Å². The number of halogens is 3. The Morgan fingerprint density at radius 3 is 2.88 bits per heavy atom. The molecular formula is C9H12F3N3O. The normalized spacial score (nSPS) is 19.5. The fourth-order valence-corrected chi connectivity index (χ4v) is 1.73. The summed E-state index contributed by atoms with van der Waals surface area (Å²) in [7, 11) is 0. The monoisotopic (exact) mass is 235 g/mol. The van der Waals surface area contributed by atoms with Crippen molar-refractivity contribution >= 4 is 0 Å². The lowest BCUT2D eigenvalue weighted by Crippen LogP contribution is -2.44. The van der Waals surface area contributed by atoms with Crippen molar-refractivity contribution in [3.63, 3.8) is 0 Å². The van der Waals surface area contributed by atoms with Gasteiger partial charge in [0, 0.05) is 32.0 Å². The van der Waals surface area contributed by atoms with E-state index in [1.165, 1.54) is 0 Å². The maximum atomic E-state index is 12.1. The minimum atomic E-state index is -4.55. The van der Waals surface area contributed by atoms with Gasteiger partial charge in [0.25, 0.3) is 0 Å². The molecule has 0 aromatic carbocycles. The quantitative estimate of drug-likeness (QED) is 0.817.